The standard InChI is InChI=1S/C16H25BrO3/c1-3-4-5-11-19-13-16(18-2)10-12-20-15-8-6-14(17)7-9-15/h6-9,16H,3-5,10-13H2,1-2H3/t16-/m0/s1. The zero-order valence-electron chi connectivity index (χ0n) is 12.4. The second-order valence-corrected chi connectivity index (χ2v) is 5.65. The molecule has 0 saturated carbocycles. The first-order valence-electron chi connectivity index (χ1n) is 7.25. The predicted octanol–water partition coefficient (Wildman–Crippen LogP) is 4.44. The summed E-state index contributed by atoms with van der Waals surface area (Å²) in [5.74, 6) is 0.881. The summed E-state index contributed by atoms with van der Waals surface area (Å²) in [7, 11) is 1.72. The second kappa shape index (κ2) is 11.1. The van der Waals surface area contributed by atoms with Crippen molar-refractivity contribution in [3.8, 4) is 5.75 Å². The molecule has 0 N–H and O–H groups in total. The lowest BCUT2D eigenvalue weighted by atomic mass is 10.2. The van der Waals surface area contributed by atoms with E-state index in [1.165, 1.54) is 12.8 Å². The number of methoxy groups -OCH3 is 1. The van der Waals surface area contributed by atoms with Crippen molar-refractivity contribution in [3.63, 3.8) is 0 Å². The van der Waals surface area contributed by atoms with Gasteiger partial charge in [-0.05, 0) is 30.7 Å². The Morgan fingerprint density at radius 2 is 1.85 bits per heavy atom. The Kier molecular flexibility index (Phi) is 9.71. The fraction of sp³-hybridized carbons (Fsp3) is 0.625. The predicted molar refractivity (Wildman–Crippen MR) is 85.4 cm³/mol. The quantitative estimate of drug-likeness (QED) is 0.555. The van der Waals surface area contributed by atoms with Gasteiger partial charge in [0.1, 0.15) is 5.75 Å². The molecule has 0 aliphatic heterocycles. The Balaban J connectivity index is 2.12. The zero-order chi connectivity index (χ0) is 14.6. The van der Waals surface area contributed by atoms with E-state index in [1.54, 1.807) is 7.11 Å². The summed E-state index contributed by atoms with van der Waals surface area (Å²) in [4.78, 5) is 0. The molecule has 0 aromatic heterocycles. The molecule has 20 heavy (non-hydrogen) atoms. The summed E-state index contributed by atoms with van der Waals surface area (Å²) in [6.07, 6.45) is 4.51. The normalized spacial score (nSPS) is 12.3. The van der Waals surface area contributed by atoms with Gasteiger partial charge in [-0.3, -0.25) is 0 Å². The van der Waals surface area contributed by atoms with E-state index in [0.29, 0.717) is 13.2 Å². The topological polar surface area (TPSA) is 27.7 Å². The van der Waals surface area contributed by atoms with Gasteiger partial charge in [0.2, 0.25) is 0 Å². The van der Waals surface area contributed by atoms with Gasteiger partial charge in [0.05, 0.1) is 19.3 Å². The molecule has 1 aromatic rings. The summed E-state index contributed by atoms with van der Waals surface area (Å²) in [5.41, 5.74) is 0. The Morgan fingerprint density at radius 3 is 2.50 bits per heavy atom. The van der Waals surface area contributed by atoms with Crippen LogP contribution in [-0.2, 0) is 9.47 Å². The molecule has 3 nitrogen and oxygen atoms in total. The molecule has 114 valence electrons. The molecule has 0 fully saturated rings. The van der Waals surface area contributed by atoms with Crippen LogP contribution in [0.25, 0.3) is 0 Å². The highest BCUT2D eigenvalue weighted by molar-refractivity contribution is 9.10. The largest absolute Gasteiger partial charge is 0.493 e. The molecule has 0 spiro atoms. The van der Waals surface area contributed by atoms with Gasteiger partial charge in [-0.1, -0.05) is 35.7 Å². The molecule has 0 bridgehead atoms. The van der Waals surface area contributed by atoms with Gasteiger partial charge in [0.15, 0.2) is 0 Å². The average Bonchev–Trinajstić information content (AvgIpc) is 2.47. The van der Waals surface area contributed by atoms with Crippen molar-refractivity contribution in [2.24, 2.45) is 0 Å². The van der Waals surface area contributed by atoms with E-state index in [4.69, 9.17) is 14.2 Å². The zero-order valence-corrected chi connectivity index (χ0v) is 14.0. The van der Waals surface area contributed by atoms with E-state index < -0.39 is 0 Å². The van der Waals surface area contributed by atoms with Crippen LogP contribution in [0.1, 0.15) is 32.6 Å². The third-order valence-corrected chi connectivity index (χ3v) is 3.58. The molecular weight excluding hydrogens is 320 g/mol. The van der Waals surface area contributed by atoms with Crippen LogP contribution in [0, 0.1) is 0 Å². The van der Waals surface area contributed by atoms with Crippen molar-refractivity contribution in [2.45, 2.75) is 38.7 Å². The molecule has 1 aromatic carbocycles. The van der Waals surface area contributed by atoms with Gasteiger partial charge >= 0.3 is 0 Å². The first-order valence-corrected chi connectivity index (χ1v) is 8.04. The van der Waals surface area contributed by atoms with E-state index in [0.717, 1.165) is 29.7 Å². The Bertz CT molecular complexity index is 340. The van der Waals surface area contributed by atoms with Crippen LogP contribution in [0.4, 0.5) is 0 Å². The van der Waals surface area contributed by atoms with Gasteiger partial charge in [-0.15, -0.1) is 0 Å². The van der Waals surface area contributed by atoms with Gasteiger partial charge in [0, 0.05) is 24.6 Å². The van der Waals surface area contributed by atoms with Crippen molar-refractivity contribution in [1.29, 1.82) is 0 Å². The van der Waals surface area contributed by atoms with Crippen molar-refractivity contribution in [2.75, 3.05) is 26.9 Å². The lowest BCUT2D eigenvalue weighted by molar-refractivity contribution is -0.00243. The molecule has 0 aliphatic carbocycles. The number of rotatable bonds is 11. The maximum atomic E-state index is 5.68. The third-order valence-electron chi connectivity index (χ3n) is 3.05. The highest BCUT2D eigenvalue weighted by Crippen LogP contribution is 2.16. The second-order valence-electron chi connectivity index (χ2n) is 4.73. The smallest absolute Gasteiger partial charge is 0.119 e. The minimum atomic E-state index is 0.104. The van der Waals surface area contributed by atoms with Crippen molar-refractivity contribution >= 4 is 15.9 Å². The van der Waals surface area contributed by atoms with Crippen LogP contribution in [0.3, 0.4) is 0 Å². The summed E-state index contributed by atoms with van der Waals surface area (Å²) < 4.78 is 17.8. The molecule has 0 unspecified atom stereocenters. The molecule has 0 saturated heterocycles. The van der Waals surface area contributed by atoms with Crippen LogP contribution in [0.15, 0.2) is 28.7 Å². The molecular formula is C16H25BrO3. The lowest BCUT2D eigenvalue weighted by Crippen LogP contribution is -2.21. The monoisotopic (exact) mass is 344 g/mol. The number of unbranched alkanes of at least 4 members (excludes halogenated alkanes) is 2. The fourth-order valence-electron chi connectivity index (χ4n) is 1.78. The minimum absolute atomic E-state index is 0.104. The van der Waals surface area contributed by atoms with Crippen molar-refractivity contribution < 1.29 is 14.2 Å². The van der Waals surface area contributed by atoms with E-state index in [-0.39, 0.29) is 6.10 Å². The summed E-state index contributed by atoms with van der Waals surface area (Å²) in [5, 5.41) is 0. The van der Waals surface area contributed by atoms with Gasteiger partial charge < -0.3 is 14.2 Å². The van der Waals surface area contributed by atoms with Gasteiger partial charge in [0.25, 0.3) is 0 Å². The molecule has 0 aliphatic rings. The maximum Gasteiger partial charge on any atom is 0.119 e. The van der Waals surface area contributed by atoms with Gasteiger partial charge in [-0.2, -0.15) is 0 Å². The number of hydrogen-bond donors (Lipinski definition) is 0. The highest BCUT2D eigenvalue weighted by atomic mass is 79.9. The summed E-state index contributed by atoms with van der Waals surface area (Å²) >= 11 is 3.40. The van der Waals surface area contributed by atoms with Crippen LogP contribution in [0.2, 0.25) is 0 Å². The van der Waals surface area contributed by atoms with Crippen LogP contribution >= 0.6 is 15.9 Å². The molecule has 4 heteroatoms. The lowest BCUT2D eigenvalue weighted by Gasteiger charge is -2.16. The van der Waals surface area contributed by atoms with E-state index >= 15 is 0 Å². The first kappa shape index (κ1) is 17.5. The SMILES string of the molecule is CCCCCOC[C@H](CCOc1ccc(Br)cc1)OC. The van der Waals surface area contributed by atoms with Gasteiger partial charge in [-0.25, -0.2) is 0 Å². The maximum absolute atomic E-state index is 5.68. The van der Waals surface area contributed by atoms with Crippen molar-refractivity contribution in [1.82, 2.24) is 0 Å². The summed E-state index contributed by atoms with van der Waals surface area (Å²) in [6.45, 7) is 4.29. The van der Waals surface area contributed by atoms with Crippen molar-refractivity contribution in [3.05, 3.63) is 28.7 Å². The molecule has 1 rings (SSSR count). The number of benzene rings is 1. The Hall–Kier alpha value is -0.580. The Morgan fingerprint density at radius 1 is 1.10 bits per heavy atom. The van der Waals surface area contributed by atoms with Crippen LogP contribution in [0.5, 0.6) is 5.75 Å². The number of ether oxygens (including phenoxy) is 3. The van der Waals surface area contributed by atoms with E-state index in [2.05, 4.69) is 22.9 Å². The molecule has 0 heterocycles. The van der Waals surface area contributed by atoms with E-state index in [1.807, 2.05) is 24.3 Å². The van der Waals surface area contributed by atoms with Crippen LogP contribution < -0.4 is 4.74 Å². The summed E-state index contributed by atoms with van der Waals surface area (Å²) in [6, 6.07) is 7.85. The average molecular weight is 345 g/mol. The highest BCUT2D eigenvalue weighted by Gasteiger charge is 2.07. The Labute approximate surface area is 130 Å². The van der Waals surface area contributed by atoms with E-state index in [9.17, 15) is 0 Å². The number of hydrogen-bond acceptors (Lipinski definition) is 3. The minimum Gasteiger partial charge on any atom is -0.493 e. The molecule has 1 atom stereocenters. The number of halogens is 1. The fourth-order valence-corrected chi connectivity index (χ4v) is 2.04. The molecule has 0 radical (unpaired) electrons. The van der Waals surface area contributed by atoms with Crippen LogP contribution in [-0.4, -0.2) is 33.0 Å². The first-order chi connectivity index (χ1) is 9.76. The molecule has 0 amide bonds. The third kappa shape index (κ3) is 7.88.